The van der Waals surface area contributed by atoms with Crippen LogP contribution in [0.4, 0.5) is 0 Å². The van der Waals surface area contributed by atoms with Crippen molar-refractivity contribution in [1.29, 1.82) is 5.41 Å². The predicted molar refractivity (Wildman–Crippen MR) is 83.5 cm³/mol. The Morgan fingerprint density at radius 1 is 1.53 bits per heavy atom. The van der Waals surface area contributed by atoms with Gasteiger partial charge in [0.15, 0.2) is 0 Å². The summed E-state index contributed by atoms with van der Waals surface area (Å²) in [5, 5.41) is 11.4. The molecular formula is C16H29N3. The molecule has 0 aromatic rings. The lowest BCUT2D eigenvalue weighted by Gasteiger charge is -2.48. The Bertz CT molecular complexity index is 385. The summed E-state index contributed by atoms with van der Waals surface area (Å²) in [6.07, 6.45) is 10.0. The van der Waals surface area contributed by atoms with E-state index in [0.29, 0.717) is 6.04 Å². The molecule has 0 aliphatic carbocycles. The molecule has 19 heavy (non-hydrogen) atoms. The maximum absolute atomic E-state index is 7.89. The van der Waals surface area contributed by atoms with Gasteiger partial charge < -0.3 is 15.6 Å². The van der Waals surface area contributed by atoms with Crippen LogP contribution in [-0.2, 0) is 0 Å². The lowest BCUT2D eigenvalue weighted by Crippen LogP contribution is -2.57. The van der Waals surface area contributed by atoms with Crippen LogP contribution < -0.4 is 5.32 Å². The summed E-state index contributed by atoms with van der Waals surface area (Å²) < 4.78 is 0. The average Bonchev–Trinajstić information content (AvgIpc) is 2.51. The van der Waals surface area contributed by atoms with Gasteiger partial charge >= 0.3 is 0 Å². The predicted octanol–water partition coefficient (Wildman–Crippen LogP) is 3.54. The monoisotopic (exact) mass is 263 g/mol. The number of nitrogens with one attached hydrogen (secondary N) is 2. The van der Waals surface area contributed by atoms with Gasteiger partial charge in [0, 0.05) is 30.4 Å². The van der Waals surface area contributed by atoms with Gasteiger partial charge in [0.1, 0.15) is 0 Å². The van der Waals surface area contributed by atoms with Gasteiger partial charge in [0.2, 0.25) is 0 Å². The molecule has 1 rings (SSSR count). The lowest BCUT2D eigenvalue weighted by atomic mass is 9.68. The second kappa shape index (κ2) is 5.81. The van der Waals surface area contributed by atoms with Gasteiger partial charge in [-0.3, -0.25) is 0 Å². The highest BCUT2D eigenvalue weighted by Crippen LogP contribution is 2.41. The minimum atomic E-state index is -0.254. The van der Waals surface area contributed by atoms with E-state index in [2.05, 4.69) is 70.2 Å². The van der Waals surface area contributed by atoms with Crippen LogP contribution in [0.5, 0.6) is 0 Å². The van der Waals surface area contributed by atoms with E-state index >= 15 is 0 Å². The van der Waals surface area contributed by atoms with Crippen LogP contribution in [0.2, 0.25) is 0 Å². The van der Waals surface area contributed by atoms with Crippen molar-refractivity contribution in [2.75, 3.05) is 7.05 Å². The minimum Gasteiger partial charge on any atom is -0.380 e. The van der Waals surface area contributed by atoms with Crippen LogP contribution in [-0.4, -0.2) is 29.7 Å². The van der Waals surface area contributed by atoms with Crippen LogP contribution in [0.1, 0.15) is 47.5 Å². The zero-order valence-corrected chi connectivity index (χ0v) is 13.2. The molecule has 0 radical (unpaired) electrons. The molecule has 0 saturated carbocycles. The first-order valence-electron chi connectivity index (χ1n) is 7.25. The summed E-state index contributed by atoms with van der Waals surface area (Å²) in [5.74, 6) is 0. The van der Waals surface area contributed by atoms with E-state index in [9.17, 15) is 0 Å². The SMILES string of the molecule is CC/C=C1/N(C)C(C)C=CN[C@]1(C)C(C)(C=N)CC. The van der Waals surface area contributed by atoms with Gasteiger partial charge in [-0.2, -0.15) is 0 Å². The highest BCUT2D eigenvalue weighted by Gasteiger charge is 2.46. The molecule has 1 heterocycles. The van der Waals surface area contributed by atoms with Crippen molar-refractivity contribution in [2.45, 2.75) is 59.0 Å². The zero-order valence-electron chi connectivity index (χ0n) is 13.2. The third-order valence-electron chi connectivity index (χ3n) is 4.84. The van der Waals surface area contributed by atoms with E-state index in [1.165, 1.54) is 5.70 Å². The first-order valence-corrected chi connectivity index (χ1v) is 7.25. The molecule has 0 saturated heterocycles. The Hall–Kier alpha value is -1.25. The van der Waals surface area contributed by atoms with Crippen molar-refractivity contribution in [3.63, 3.8) is 0 Å². The van der Waals surface area contributed by atoms with Gasteiger partial charge in [-0.1, -0.05) is 26.8 Å². The van der Waals surface area contributed by atoms with Crippen LogP contribution in [0, 0.1) is 10.8 Å². The molecule has 0 bridgehead atoms. The third-order valence-corrected chi connectivity index (χ3v) is 4.84. The number of hydrogen-bond donors (Lipinski definition) is 2. The second-order valence-electron chi connectivity index (χ2n) is 5.89. The fraction of sp³-hybridized carbons (Fsp3) is 0.688. The van der Waals surface area contributed by atoms with Crippen LogP contribution in [0.3, 0.4) is 0 Å². The van der Waals surface area contributed by atoms with Gasteiger partial charge in [-0.15, -0.1) is 0 Å². The summed E-state index contributed by atoms with van der Waals surface area (Å²) in [4.78, 5) is 2.32. The largest absolute Gasteiger partial charge is 0.380 e. The maximum Gasteiger partial charge on any atom is 0.0839 e. The summed E-state index contributed by atoms with van der Waals surface area (Å²) >= 11 is 0. The lowest BCUT2D eigenvalue weighted by molar-refractivity contribution is 0.195. The normalized spacial score (nSPS) is 32.6. The van der Waals surface area contributed by atoms with E-state index in [4.69, 9.17) is 5.41 Å². The highest BCUT2D eigenvalue weighted by atomic mass is 15.2. The van der Waals surface area contributed by atoms with Crippen LogP contribution in [0.15, 0.2) is 24.0 Å². The standard InChI is InChI=1S/C16H29N3/c1-7-9-14-16(5,15(4,8-2)12-17)18-11-10-13(3)19(14)6/h9-13,17-18H,7-8H2,1-6H3/b14-9+,17-12?/t13?,15?,16-/m0/s1. The number of rotatable bonds is 4. The first-order chi connectivity index (χ1) is 8.86. The topological polar surface area (TPSA) is 39.1 Å². The Kier molecular flexibility index (Phi) is 4.83. The molecule has 0 fully saturated rings. The summed E-state index contributed by atoms with van der Waals surface area (Å²) in [7, 11) is 2.14. The summed E-state index contributed by atoms with van der Waals surface area (Å²) in [5.41, 5.74) is 0.812. The van der Waals surface area contributed by atoms with Crippen molar-refractivity contribution >= 4 is 6.21 Å². The van der Waals surface area contributed by atoms with Gasteiger partial charge in [-0.05, 0) is 39.0 Å². The van der Waals surface area contributed by atoms with Gasteiger partial charge in [-0.25, -0.2) is 0 Å². The Labute approximate surface area is 118 Å². The smallest absolute Gasteiger partial charge is 0.0839 e. The van der Waals surface area contributed by atoms with Crippen molar-refractivity contribution < 1.29 is 0 Å². The molecule has 2 unspecified atom stereocenters. The molecule has 1 aliphatic heterocycles. The minimum absolute atomic E-state index is 0.212. The Morgan fingerprint density at radius 3 is 2.63 bits per heavy atom. The molecule has 2 N–H and O–H groups in total. The number of nitrogens with zero attached hydrogens (tertiary/aromatic N) is 1. The zero-order chi connectivity index (χ0) is 14.7. The van der Waals surface area contributed by atoms with E-state index < -0.39 is 0 Å². The molecule has 0 amide bonds. The Balaban J connectivity index is 3.39. The summed E-state index contributed by atoms with van der Waals surface area (Å²) in [6.45, 7) is 10.9. The molecule has 0 spiro atoms. The van der Waals surface area contributed by atoms with E-state index in [1.54, 1.807) is 6.21 Å². The van der Waals surface area contributed by atoms with Crippen molar-refractivity contribution in [1.82, 2.24) is 10.2 Å². The quantitative estimate of drug-likeness (QED) is 0.761. The fourth-order valence-corrected chi connectivity index (χ4v) is 2.73. The second-order valence-corrected chi connectivity index (χ2v) is 5.89. The van der Waals surface area contributed by atoms with Crippen molar-refractivity contribution in [2.24, 2.45) is 5.41 Å². The number of likely N-dealkylation sites (N-methyl/N-ethyl adjacent to an activating group) is 1. The molecule has 3 atom stereocenters. The van der Waals surface area contributed by atoms with Crippen LogP contribution in [0.25, 0.3) is 0 Å². The molecule has 1 aliphatic rings. The van der Waals surface area contributed by atoms with E-state index in [-0.39, 0.29) is 11.0 Å². The fourth-order valence-electron chi connectivity index (χ4n) is 2.73. The maximum atomic E-state index is 7.89. The molecule has 0 aromatic carbocycles. The van der Waals surface area contributed by atoms with Gasteiger partial charge in [0.05, 0.1) is 5.54 Å². The highest BCUT2D eigenvalue weighted by molar-refractivity contribution is 5.66. The molecule has 0 aromatic heterocycles. The number of hydrogen-bond acceptors (Lipinski definition) is 3. The van der Waals surface area contributed by atoms with E-state index in [1.807, 2.05) is 0 Å². The number of allylic oxidation sites excluding steroid dienone is 1. The van der Waals surface area contributed by atoms with Crippen LogP contribution >= 0.6 is 0 Å². The summed E-state index contributed by atoms with van der Waals surface area (Å²) in [6, 6.07) is 0.360. The van der Waals surface area contributed by atoms with Gasteiger partial charge in [0.25, 0.3) is 0 Å². The molecule has 108 valence electrons. The van der Waals surface area contributed by atoms with E-state index in [0.717, 1.165) is 12.8 Å². The third kappa shape index (κ3) is 2.56. The molecule has 3 heteroatoms. The van der Waals surface area contributed by atoms with Crippen molar-refractivity contribution in [3.05, 3.63) is 24.0 Å². The molecule has 3 nitrogen and oxygen atoms in total. The average molecular weight is 263 g/mol. The Morgan fingerprint density at radius 2 is 2.16 bits per heavy atom. The molecular weight excluding hydrogens is 234 g/mol. The first kappa shape index (κ1) is 15.8. The van der Waals surface area contributed by atoms with Crippen molar-refractivity contribution in [3.8, 4) is 0 Å².